The highest BCUT2D eigenvalue weighted by atomic mass is 32.1. The van der Waals surface area contributed by atoms with Crippen LogP contribution in [0.4, 0.5) is 0 Å². The molecule has 4 aromatic rings. The third-order valence-corrected chi connectivity index (χ3v) is 6.51. The van der Waals surface area contributed by atoms with Gasteiger partial charge in [0, 0.05) is 11.3 Å². The highest BCUT2D eigenvalue weighted by molar-refractivity contribution is 7.20. The second-order valence-corrected chi connectivity index (χ2v) is 8.49. The molecule has 6 heteroatoms. The average molecular weight is 403 g/mol. The molecule has 1 saturated carbocycles. The molecule has 0 atom stereocenters. The van der Waals surface area contributed by atoms with Crippen LogP contribution in [0.1, 0.15) is 38.2 Å². The number of thiazole rings is 1. The molecule has 146 valence electrons. The summed E-state index contributed by atoms with van der Waals surface area (Å²) in [6, 6.07) is 18.2. The lowest BCUT2D eigenvalue weighted by molar-refractivity contribution is 0.706. The summed E-state index contributed by atoms with van der Waals surface area (Å²) in [5, 5.41) is 3.97. The maximum Gasteiger partial charge on any atom is 0.283 e. The molecule has 2 aromatic heterocycles. The number of aliphatic imine (C=N–C) groups is 1. The smallest absolute Gasteiger partial charge is 0.283 e. The van der Waals surface area contributed by atoms with Gasteiger partial charge in [-0.05, 0) is 31.9 Å². The fourth-order valence-corrected chi connectivity index (χ4v) is 4.97. The Balaban J connectivity index is 1.69. The molecular formula is C23H22N4OS. The number of hydrogen-bond acceptors (Lipinski definition) is 4. The Morgan fingerprint density at radius 2 is 1.83 bits per heavy atom. The van der Waals surface area contributed by atoms with Crippen molar-refractivity contribution in [3.63, 3.8) is 0 Å². The van der Waals surface area contributed by atoms with Gasteiger partial charge in [-0.2, -0.15) is 4.68 Å². The number of nitrogens with one attached hydrogen (secondary N) is 1. The van der Waals surface area contributed by atoms with E-state index in [9.17, 15) is 4.79 Å². The Labute approximate surface area is 172 Å². The van der Waals surface area contributed by atoms with Crippen LogP contribution < -0.4 is 5.56 Å². The van der Waals surface area contributed by atoms with Crippen LogP contribution in [0.15, 0.2) is 64.4 Å². The third kappa shape index (κ3) is 3.34. The number of fused-ring (bicyclic) bond motifs is 1. The van der Waals surface area contributed by atoms with E-state index in [-0.39, 0.29) is 5.56 Å². The molecule has 0 aliphatic heterocycles. The van der Waals surface area contributed by atoms with E-state index in [0.29, 0.717) is 16.7 Å². The van der Waals surface area contributed by atoms with Crippen LogP contribution >= 0.6 is 11.3 Å². The van der Waals surface area contributed by atoms with Crippen molar-refractivity contribution in [1.29, 1.82) is 0 Å². The molecule has 0 radical (unpaired) electrons. The SMILES string of the molecule is CC(=NC1CCCC1)c1c(-c2ccccc2)[nH]n(-c2nc3ccccc3s2)c1=O. The molecule has 0 saturated heterocycles. The lowest BCUT2D eigenvalue weighted by Crippen LogP contribution is -2.20. The predicted octanol–water partition coefficient (Wildman–Crippen LogP) is 5.19. The number of rotatable bonds is 4. The second kappa shape index (κ2) is 7.44. The highest BCUT2D eigenvalue weighted by Crippen LogP contribution is 2.27. The molecule has 2 aromatic carbocycles. The van der Waals surface area contributed by atoms with Gasteiger partial charge in [-0.15, -0.1) is 0 Å². The van der Waals surface area contributed by atoms with Gasteiger partial charge in [-0.3, -0.25) is 14.9 Å². The Kier molecular flexibility index (Phi) is 4.64. The van der Waals surface area contributed by atoms with Gasteiger partial charge in [-0.1, -0.05) is 66.6 Å². The number of H-pyrrole nitrogens is 1. The van der Waals surface area contributed by atoms with Gasteiger partial charge in [0.25, 0.3) is 5.56 Å². The molecule has 1 N–H and O–H groups in total. The number of benzene rings is 2. The van der Waals surface area contributed by atoms with Crippen LogP contribution in [0.5, 0.6) is 0 Å². The summed E-state index contributed by atoms with van der Waals surface area (Å²) in [6.07, 6.45) is 4.65. The van der Waals surface area contributed by atoms with E-state index in [4.69, 9.17) is 4.99 Å². The van der Waals surface area contributed by atoms with Crippen molar-refractivity contribution < 1.29 is 0 Å². The van der Waals surface area contributed by atoms with Crippen molar-refractivity contribution in [2.45, 2.75) is 38.6 Å². The van der Waals surface area contributed by atoms with Crippen molar-refractivity contribution >= 4 is 27.3 Å². The van der Waals surface area contributed by atoms with Crippen LogP contribution in [0.2, 0.25) is 0 Å². The highest BCUT2D eigenvalue weighted by Gasteiger charge is 2.22. The largest absolute Gasteiger partial charge is 0.288 e. The summed E-state index contributed by atoms with van der Waals surface area (Å²) < 4.78 is 2.62. The van der Waals surface area contributed by atoms with Crippen molar-refractivity contribution in [1.82, 2.24) is 14.8 Å². The topological polar surface area (TPSA) is 63.0 Å². The van der Waals surface area contributed by atoms with E-state index in [2.05, 4.69) is 10.1 Å². The minimum Gasteiger partial charge on any atom is -0.288 e. The summed E-state index contributed by atoms with van der Waals surface area (Å²) in [5.41, 5.74) is 4.02. The maximum atomic E-state index is 13.5. The van der Waals surface area contributed by atoms with Gasteiger partial charge in [0.1, 0.15) is 0 Å². The normalized spacial score (nSPS) is 15.4. The first-order valence-electron chi connectivity index (χ1n) is 10.0. The Hall–Kier alpha value is -2.99. The zero-order valence-corrected chi connectivity index (χ0v) is 17.1. The molecule has 29 heavy (non-hydrogen) atoms. The lowest BCUT2D eigenvalue weighted by Gasteiger charge is -2.06. The first kappa shape index (κ1) is 18.1. The van der Waals surface area contributed by atoms with Gasteiger partial charge in [0.05, 0.1) is 27.5 Å². The monoisotopic (exact) mass is 402 g/mol. The molecule has 1 fully saturated rings. The fourth-order valence-electron chi connectivity index (χ4n) is 4.05. The van der Waals surface area contributed by atoms with Crippen molar-refractivity contribution in [3.05, 3.63) is 70.5 Å². The maximum absolute atomic E-state index is 13.5. The zero-order valence-electron chi connectivity index (χ0n) is 16.3. The molecule has 0 spiro atoms. The Morgan fingerprint density at radius 1 is 1.10 bits per heavy atom. The quantitative estimate of drug-likeness (QED) is 0.477. The van der Waals surface area contributed by atoms with Crippen molar-refractivity contribution in [2.24, 2.45) is 4.99 Å². The van der Waals surface area contributed by atoms with Gasteiger partial charge in [0.15, 0.2) is 0 Å². The van der Waals surface area contributed by atoms with Gasteiger partial charge in [-0.25, -0.2) is 4.98 Å². The minimum atomic E-state index is -0.0952. The fraction of sp³-hybridized carbons (Fsp3) is 0.261. The van der Waals surface area contributed by atoms with Gasteiger partial charge in [0.2, 0.25) is 5.13 Å². The molecule has 2 heterocycles. The second-order valence-electron chi connectivity index (χ2n) is 7.49. The molecule has 1 aliphatic carbocycles. The zero-order chi connectivity index (χ0) is 19.8. The molecule has 1 aliphatic rings. The first-order valence-corrected chi connectivity index (χ1v) is 10.8. The average Bonchev–Trinajstić information content (AvgIpc) is 3.46. The van der Waals surface area contributed by atoms with Gasteiger partial charge < -0.3 is 0 Å². The molecule has 0 bridgehead atoms. The number of nitrogens with zero attached hydrogens (tertiary/aromatic N) is 3. The van der Waals surface area contributed by atoms with E-state index in [1.807, 2.05) is 61.5 Å². The summed E-state index contributed by atoms with van der Waals surface area (Å²) >= 11 is 1.51. The van der Waals surface area contributed by atoms with E-state index in [1.54, 1.807) is 4.68 Å². The summed E-state index contributed by atoms with van der Waals surface area (Å²) in [5.74, 6) is 0. The summed E-state index contributed by atoms with van der Waals surface area (Å²) in [7, 11) is 0. The van der Waals surface area contributed by atoms with Gasteiger partial charge >= 0.3 is 0 Å². The Bertz CT molecular complexity index is 1210. The minimum absolute atomic E-state index is 0.0952. The van der Waals surface area contributed by atoms with Crippen LogP contribution in [-0.4, -0.2) is 26.5 Å². The van der Waals surface area contributed by atoms with Crippen LogP contribution in [0, 0.1) is 0 Å². The van der Waals surface area contributed by atoms with E-state index in [1.165, 1.54) is 24.2 Å². The predicted molar refractivity (Wildman–Crippen MR) is 119 cm³/mol. The number of hydrogen-bond donors (Lipinski definition) is 1. The van der Waals surface area contributed by atoms with E-state index >= 15 is 0 Å². The van der Waals surface area contributed by atoms with Crippen LogP contribution in [-0.2, 0) is 0 Å². The van der Waals surface area contributed by atoms with E-state index in [0.717, 1.165) is 40.0 Å². The van der Waals surface area contributed by atoms with E-state index < -0.39 is 0 Å². The van der Waals surface area contributed by atoms with Crippen molar-refractivity contribution in [2.75, 3.05) is 0 Å². The third-order valence-electron chi connectivity index (χ3n) is 5.49. The summed E-state index contributed by atoms with van der Waals surface area (Å²) in [4.78, 5) is 23.0. The Morgan fingerprint density at radius 3 is 2.59 bits per heavy atom. The van der Waals surface area contributed by atoms with Crippen LogP contribution in [0.25, 0.3) is 26.6 Å². The number of aromatic nitrogens is 3. The number of aromatic amines is 1. The molecular weight excluding hydrogens is 380 g/mol. The van der Waals surface area contributed by atoms with Crippen LogP contribution in [0.3, 0.4) is 0 Å². The van der Waals surface area contributed by atoms with Crippen molar-refractivity contribution in [3.8, 4) is 16.4 Å². The molecule has 0 amide bonds. The molecule has 0 unspecified atom stereocenters. The number of para-hydroxylation sites is 1. The molecule has 5 rings (SSSR count). The first-order chi connectivity index (χ1) is 14.2. The standard InChI is InChI=1S/C23H22N4OS/c1-15(24-17-11-5-6-12-17)20-21(16-9-3-2-4-10-16)26-27(22(20)28)23-25-18-13-7-8-14-19(18)29-23/h2-4,7-10,13-14,17,26H,5-6,11-12H2,1H3. The summed E-state index contributed by atoms with van der Waals surface area (Å²) in [6.45, 7) is 1.96. The lowest BCUT2D eigenvalue weighted by atomic mass is 10.0. The molecule has 5 nitrogen and oxygen atoms in total.